The fourth-order valence-electron chi connectivity index (χ4n) is 32.4. The minimum atomic E-state index is 0.0292. The first-order chi connectivity index (χ1) is 34.8. The second-order valence-electron chi connectivity index (χ2n) is 30.0. The first kappa shape index (κ1) is 28.0. The Hall–Kier alpha value is -5.37. The number of thioether (sulfide) groups is 1. The predicted octanol–water partition coefficient (Wildman–Crippen LogP) is 15.6. The van der Waals surface area contributed by atoms with Crippen molar-refractivity contribution in [3.05, 3.63) is 141 Å². The van der Waals surface area contributed by atoms with Gasteiger partial charge in [0.1, 0.15) is 0 Å². The standard InChI is InChI=1S/C69H30S/c1-6(2)7-4-3-5-8-63(7)68-64-55-47-37-27-19-11-9-10-13-17-15(11)23-31-25(17)35-29-21(13)22-14(10)18-16-12(9)20(19)28-34-24(16)32-26(18)36-30(22)40-39(29)51-45(35)53-43(31)49(41(47)33(23)27)57(64)59(53)66-61(51)62-52(40)46(36)54-44(32)50-42(34)48(38(28)37)56(55)65(68)58(50)60(54)67(62)69(66,68)70-8/h3-6,11,13,15,17,19,21,27,29,37-40,48,52,56,58,60,62,65,67H,1-2H3. The maximum Gasteiger partial charge on any atom is 0.0645 e. The Kier molecular flexibility index (Phi) is 2.58. The molecule has 0 nitrogen and oxygen atoms in total. The highest BCUT2D eigenvalue weighted by molar-refractivity contribution is 8.00. The molecule has 22 atom stereocenters. The molecule has 11 aromatic carbocycles. The van der Waals surface area contributed by atoms with Gasteiger partial charge >= 0.3 is 0 Å². The van der Waals surface area contributed by atoms with Crippen molar-refractivity contribution in [3.63, 3.8) is 0 Å². The van der Waals surface area contributed by atoms with E-state index in [1.54, 1.807) is 10.5 Å². The van der Waals surface area contributed by atoms with Gasteiger partial charge in [-0.1, -0.05) is 26.0 Å². The minimum Gasteiger partial charge on any atom is -0.112 e. The van der Waals surface area contributed by atoms with Crippen LogP contribution in [0.3, 0.4) is 0 Å². The van der Waals surface area contributed by atoms with Gasteiger partial charge in [0.15, 0.2) is 0 Å². The van der Waals surface area contributed by atoms with Gasteiger partial charge < -0.3 is 0 Å². The van der Waals surface area contributed by atoms with E-state index >= 15 is 0 Å². The summed E-state index contributed by atoms with van der Waals surface area (Å²) in [7, 11) is 0. The van der Waals surface area contributed by atoms with E-state index in [-0.39, 0.29) is 10.2 Å². The third kappa shape index (κ3) is 1.51. The van der Waals surface area contributed by atoms with Gasteiger partial charge in [0.25, 0.3) is 0 Å². The summed E-state index contributed by atoms with van der Waals surface area (Å²) >= 11 is 2.59. The van der Waals surface area contributed by atoms with Crippen LogP contribution in [0, 0.1) is 11.8 Å². The van der Waals surface area contributed by atoms with Crippen molar-refractivity contribution in [2.24, 2.45) is 11.8 Å². The molecule has 11 aromatic rings. The topological polar surface area (TPSA) is 0 Å². The summed E-state index contributed by atoms with van der Waals surface area (Å²) in [6.07, 6.45) is 0. The molecule has 23 aliphatic rings. The summed E-state index contributed by atoms with van der Waals surface area (Å²) in [5, 5.41) is 30.8. The third-order valence-electron chi connectivity index (χ3n) is 30.9. The summed E-state index contributed by atoms with van der Waals surface area (Å²) in [6, 6.07) is 7.99. The molecular weight excluding hydrogens is 861 g/mol. The molecule has 2 spiro atoms. The molecule has 0 aromatic heterocycles. The molecule has 312 valence electrons. The van der Waals surface area contributed by atoms with Gasteiger partial charge in [-0.05, 0) is 350 Å². The van der Waals surface area contributed by atoms with Crippen LogP contribution in [0.25, 0.3) is 97.3 Å². The lowest BCUT2D eigenvalue weighted by Crippen LogP contribution is -2.62. The number of rotatable bonds is 1. The van der Waals surface area contributed by atoms with E-state index < -0.39 is 0 Å². The summed E-state index contributed by atoms with van der Waals surface area (Å²) in [5.74, 6) is 13.9. The van der Waals surface area contributed by atoms with Gasteiger partial charge in [0.2, 0.25) is 0 Å². The zero-order valence-electron chi connectivity index (χ0n) is 37.8. The van der Waals surface area contributed by atoms with Gasteiger partial charge in [-0.15, -0.1) is 11.8 Å². The van der Waals surface area contributed by atoms with Crippen molar-refractivity contribution in [2.45, 2.75) is 141 Å². The van der Waals surface area contributed by atoms with E-state index in [0.29, 0.717) is 124 Å². The van der Waals surface area contributed by atoms with Crippen molar-refractivity contribution in [1.82, 2.24) is 0 Å². The molecule has 1 heterocycles. The lowest BCUT2D eigenvalue weighted by molar-refractivity contribution is 0.0337. The molecule has 0 N–H and O–H groups in total. The van der Waals surface area contributed by atoms with Crippen molar-refractivity contribution in [1.29, 1.82) is 0 Å². The molecule has 0 amide bonds. The smallest absolute Gasteiger partial charge is 0.0645 e. The van der Waals surface area contributed by atoms with Gasteiger partial charge in [-0.25, -0.2) is 0 Å². The van der Waals surface area contributed by atoms with E-state index in [0.717, 1.165) is 0 Å². The van der Waals surface area contributed by atoms with E-state index in [4.69, 9.17) is 0 Å². The highest BCUT2D eigenvalue weighted by Crippen LogP contribution is 3.01. The largest absolute Gasteiger partial charge is 0.112 e. The molecule has 70 heavy (non-hydrogen) atoms. The Bertz CT molecular complexity index is 5480. The van der Waals surface area contributed by atoms with Gasteiger partial charge in [-0.3, -0.25) is 0 Å². The molecule has 0 saturated heterocycles. The number of fused-ring (bicyclic) bond motifs is 1. The quantitative estimate of drug-likeness (QED) is 0.148. The van der Waals surface area contributed by atoms with Gasteiger partial charge in [0.05, 0.1) is 4.75 Å². The van der Waals surface area contributed by atoms with Crippen LogP contribution in [0.15, 0.2) is 23.1 Å². The van der Waals surface area contributed by atoms with E-state index in [1.807, 2.05) is 203 Å². The van der Waals surface area contributed by atoms with Crippen molar-refractivity contribution < 1.29 is 0 Å². The van der Waals surface area contributed by atoms with Crippen molar-refractivity contribution in [2.75, 3.05) is 0 Å². The number of hydrogen-bond acceptors (Lipinski definition) is 1. The Morgan fingerprint density at radius 3 is 1.07 bits per heavy atom. The Morgan fingerprint density at radius 2 is 0.629 bits per heavy atom. The number of hydrogen-bond donors (Lipinski definition) is 0. The van der Waals surface area contributed by atoms with Crippen LogP contribution >= 0.6 is 11.8 Å². The monoisotopic (exact) mass is 890 g/mol. The summed E-state index contributed by atoms with van der Waals surface area (Å²) in [5.41, 5.74) is 48.3. The molecule has 0 bridgehead atoms. The molecule has 0 radical (unpaired) electrons. The van der Waals surface area contributed by atoms with Crippen molar-refractivity contribution in [3.8, 4) is 11.1 Å². The SMILES string of the molecule is CC(C)c1cccc2c1C13c4c5c6c7c8c9c%10c%11c%12c%13c%14c%15c(c%16c%13c%10c7c4-%16)C1(S2)C1C%15C2c4c7c%10c%13c%15c%16c%17c%18c%19c%20c%21c%22c%23c(c4c4c%22c%19c%16c%104)C2C%14C%12C%23C%21C%11C9C%20C%18C8C6C%17C%15C5C3C%13C71. The second kappa shape index (κ2) is 6.46. The van der Waals surface area contributed by atoms with Crippen LogP contribution in [0.5, 0.6) is 0 Å². The lowest BCUT2D eigenvalue weighted by atomic mass is 9.39. The highest BCUT2D eigenvalue weighted by atomic mass is 32.2. The number of benzene rings is 10. The van der Waals surface area contributed by atoms with Gasteiger partial charge in [0, 0.05) is 10.3 Å². The third-order valence-corrected chi connectivity index (χ3v) is 32.5. The van der Waals surface area contributed by atoms with Crippen molar-refractivity contribution >= 4 is 97.9 Å². The Morgan fingerprint density at radius 1 is 0.314 bits per heavy atom. The fraction of sp³-hybridized carbons (Fsp3) is 0.362. The van der Waals surface area contributed by atoms with E-state index in [1.165, 1.54) is 0 Å². The second-order valence-corrected chi connectivity index (χ2v) is 31.3. The molecule has 22 aliphatic carbocycles. The molecule has 34 rings (SSSR count). The van der Waals surface area contributed by atoms with E-state index in [9.17, 15) is 0 Å². The maximum atomic E-state index is 2.73. The Balaban J connectivity index is 1.03. The van der Waals surface area contributed by atoms with Crippen LogP contribution in [-0.4, -0.2) is 0 Å². The van der Waals surface area contributed by atoms with Crippen LogP contribution < -0.4 is 0 Å². The first-order valence-electron chi connectivity index (χ1n) is 28.8. The highest BCUT2D eigenvalue weighted by Gasteiger charge is 2.89. The summed E-state index contributed by atoms with van der Waals surface area (Å²) in [4.78, 5) is 1.74. The molecule has 1 saturated carbocycles. The van der Waals surface area contributed by atoms with Crippen LogP contribution in [0.4, 0.5) is 0 Å². The lowest BCUT2D eigenvalue weighted by Gasteiger charge is -2.65. The van der Waals surface area contributed by atoms with Crippen LogP contribution in [-0.2, 0) is 10.2 Å². The predicted molar refractivity (Wildman–Crippen MR) is 271 cm³/mol. The normalized spacial score (nSPS) is 48.0. The zero-order chi connectivity index (χ0) is 41.6. The molecule has 1 aliphatic heterocycles. The average Bonchev–Trinajstić information content (AvgIpc) is 4.36. The van der Waals surface area contributed by atoms with Crippen LogP contribution in [0.2, 0.25) is 0 Å². The fourth-order valence-corrected chi connectivity index (χ4v) is 34.5. The summed E-state index contributed by atoms with van der Waals surface area (Å²) < 4.78 is 0.0634. The maximum absolute atomic E-state index is 2.73. The zero-order valence-corrected chi connectivity index (χ0v) is 38.6. The minimum absolute atomic E-state index is 0.0292. The average molecular weight is 891 g/mol. The molecule has 1 heteroatoms. The van der Waals surface area contributed by atoms with E-state index in [2.05, 4.69) is 54.9 Å². The first-order valence-corrected chi connectivity index (χ1v) is 29.6. The van der Waals surface area contributed by atoms with Gasteiger partial charge in [-0.2, -0.15) is 0 Å². The molecule has 22 unspecified atom stereocenters. The Labute approximate surface area is 400 Å². The molecule has 1 fully saturated rings. The molecular formula is C69H30S. The summed E-state index contributed by atoms with van der Waals surface area (Å²) in [6.45, 7) is 5.21. The van der Waals surface area contributed by atoms with Crippen LogP contribution in [0.1, 0.15) is 249 Å².